The Balaban J connectivity index is 1.52. The molecule has 0 radical (unpaired) electrons. The summed E-state index contributed by atoms with van der Waals surface area (Å²) >= 11 is 0. The van der Waals surface area contributed by atoms with Crippen molar-refractivity contribution in [2.45, 2.75) is 19.8 Å². The van der Waals surface area contributed by atoms with Crippen LogP contribution in [0.1, 0.15) is 28.8 Å². The molecule has 3 aromatic rings. The van der Waals surface area contributed by atoms with Gasteiger partial charge in [-0.1, -0.05) is 17.7 Å². The van der Waals surface area contributed by atoms with Crippen molar-refractivity contribution in [1.29, 1.82) is 0 Å². The third kappa shape index (κ3) is 5.63. The monoisotopic (exact) mass is 444 g/mol. The van der Waals surface area contributed by atoms with Crippen LogP contribution in [0.2, 0.25) is 0 Å². The van der Waals surface area contributed by atoms with Gasteiger partial charge in [0, 0.05) is 30.0 Å². The van der Waals surface area contributed by atoms with Gasteiger partial charge in [0.1, 0.15) is 5.75 Å². The zero-order valence-corrected chi connectivity index (χ0v) is 18.9. The molecule has 0 atom stereocenters. The number of benzene rings is 3. The van der Waals surface area contributed by atoms with Crippen LogP contribution in [0.15, 0.2) is 66.7 Å². The summed E-state index contributed by atoms with van der Waals surface area (Å²) < 4.78 is 5.16. The largest absolute Gasteiger partial charge is 0.497 e. The minimum Gasteiger partial charge on any atom is -0.497 e. The maximum Gasteiger partial charge on any atom is 0.323 e. The smallest absolute Gasteiger partial charge is 0.323 e. The molecule has 1 fully saturated rings. The maximum atomic E-state index is 12.7. The molecular formula is C26H28N4O3. The van der Waals surface area contributed by atoms with Crippen molar-refractivity contribution in [3.63, 3.8) is 0 Å². The van der Waals surface area contributed by atoms with Crippen LogP contribution in [-0.2, 0) is 0 Å². The van der Waals surface area contributed by atoms with Crippen molar-refractivity contribution in [3.05, 3.63) is 77.9 Å². The van der Waals surface area contributed by atoms with Crippen molar-refractivity contribution in [1.82, 2.24) is 0 Å². The summed E-state index contributed by atoms with van der Waals surface area (Å²) in [6.45, 7) is 3.85. The van der Waals surface area contributed by atoms with Crippen LogP contribution in [0.25, 0.3) is 0 Å². The molecule has 3 aromatic carbocycles. The lowest BCUT2D eigenvalue weighted by Crippen LogP contribution is -2.24. The molecular weight excluding hydrogens is 416 g/mol. The lowest BCUT2D eigenvalue weighted by molar-refractivity contribution is 0.102. The summed E-state index contributed by atoms with van der Waals surface area (Å²) in [7, 11) is 1.60. The Hall–Kier alpha value is -4.00. The Kier molecular flexibility index (Phi) is 6.78. The average Bonchev–Trinajstić information content (AvgIpc) is 3.35. The third-order valence-electron chi connectivity index (χ3n) is 5.61. The molecule has 3 N–H and O–H groups in total. The van der Waals surface area contributed by atoms with Crippen molar-refractivity contribution in [2.75, 3.05) is 41.0 Å². The van der Waals surface area contributed by atoms with Crippen LogP contribution in [0, 0.1) is 6.92 Å². The molecule has 0 unspecified atom stereocenters. The van der Waals surface area contributed by atoms with Crippen LogP contribution < -0.4 is 25.6 Å². The van der Waals surface area contributed by atoms with Crippen molar-refractivity contribution < 1.29 is 14.3 Å². The molecule has 1 heterocycles. The summed E-state index contributed by atoms with van der Waals surface area (Å²) in [6.07, 6.45) is 2.23. The van der Waals surface area contributed by atoms with Gasteiger partial charge in [-0.25, -0.2) is 4.79 Å². The normalized spacial score (nSPS) is 12.8. The topological polar surface area (TPSA) is 82.7 Å². The fourth-order valence-corrected chi connectivity index (χ4v) is 3.81. The predicted octanol–water partition coefficient (Wildman–Crippen LogP) is 5.50. The van der Waals surface area contributed by atoms with E-state index < -0.39 is 0 Å². The number of carbonyl (C=O) groups excluding carboxylic acids is 2. The highest BCUT2D eigenvalue weighted by Crippen LogP contribution is 2.32. The Morgan fingerprint density at radius 2 is 1.48 bits per heavy atom. The highest BCUT2D eigenvalue weighted by molar-refractivity contribution is 6.06. The molecule has 33 heavy (non-hydrogen) atoms. The molecule has 1 aliphatic rings. The quantitative estimate of drug-likeness (QED) is 0.469. The van der Waals surface area contributed by atoms with Gasteiger partial charge in [0.2, 0.25) is 0 Å². The first-order valence-corrected chi connectivity index (χ1v) is 11.0. The lowest BCUT2D eigenvalue weighted by Gasteiger charge is -2.22. The van der Waals surface area contributed by atoms with E-state index >= 15 is 0 Å². The molecule has 0 aromatic heterocycles. The lowest BCUT2D eigenvalue weighted by atomic mass is 10.1. The first-order valence-electron chi connectivity index (χ1n) is 11.0. The van der Waals surface area contributed by atoms with Crippen LogP contribution in [-0.4, -0.2) is 32.1 Å². The SMILES string of the molecule is COc1ccc(NC(=O)Nc2cc(NC(=O)c3ccc(C)cc3)ccc2N2CCCC2)cc1. The maximum absolute atomic E-state index is 12.7. The number of nitrogens with one attached hydrogen (secondary N) is 3. The molecule has 0 aliphatic carbocycles. The van der Waals surface area contributed by atoms with Crippen molar-refractivity contribution in [3.8, 4) is 5.75 Å². The molecule has 7 heteroatoms. The van der Waals surface area contributed by atoms with Gasteiger partial charge >= 0.3 is 6.03 Å². The van der Waals surface area contributed by atoms with E-state index in [1.807, 2.05) is 31.2 Å². The van der Waals surface area contributed by atoms with E-state index in [0.29, 0.717) is 28.4 Å². The summed E-state index contributed by atoms with van der Waals surface area (Å²) in [5, 5.41) is 8.72. The number of hydrogen-bond donors (Lipinski definition) is 3. The molecule has 0 spiro atoms. The molecule has 1 aliphatic heterocycles. The summed E-state index contributed by atoms with van der Waals surface area (Å²) in [4.78, 5) is 27.6. The number of amides is 3. The zero-order valence-electron chi connectivity index (χ0n) is 18.9. The number of nitrogens with zero attached hydrogens (tertiary/aromatic N) is 1. The highest BCUT2D eigenvalue weighted by atomic mass is 16.5. The summed E-state index contributed by atoms with van der Waals surface area (Å²) in [5.74, 6) is 0.520. The van der Waals surface area contributed by atoms with E-state index in [4.69, 9.17) is 4.74 Å². The fraction of sp³-hybridized carbons (Fsp3) is 0.231. The Morgan fingerprint density at radius 3 is 2.15 bits per heavy atom. The zero-order chi connectivity index (χ0) is 23.2. The fourth-order valence-electron chi connectivity index (χ4n) is 3.81. The van der Waals surface area contributed by atoms with Crippen LogP contribution >= 0.6 is 0 Å². The summed E-state index contributed by atoms with van der Waals surface area (Å²) in [5.41, 5.74) is 4.52. The van der Waals surface area contributed by atoms with E-state index in [-0.39, 0.29) is 11.9 Å². The number of rotatable bonds is 6. The number of hydrogen-bond acceptors (Lipinski definition) is 4. The van der Waals surface area contributed by atoms with Gasteiger partial charge < -0.3 is 25.6 Å². The number of anilines is 4. The van der Waals surface area contributed by atoms with Gasteiger partial charge in [-0.3, -0.25) is 4.79 Å². The van der Waals surface area contributed by atoms with E-state index in [1.165, 1.54) is 0 Å². The first-order chi connectivity index (χ1) is 16.0. The average molecular weight is 445 g/mol. The van der Waals surface area contributed by atoms with Crippen molar-refractivity contribution >= 4 is 34.7 Å². The van der Waals surface area contributed by atoms with Gasteiger partial charge in [-0.15, -0.1) is 0 Å². The second-order valence-corrected chi connectivity index (χ2v) is 8.05. The molecule has 0 bridgehead atoms. The van der Waals surface area contributed by atoms with Gasteiger partial charge in [-0.05, 0) is 74.4 Å². The van der Waals surface area contributed by atoms with Crippen LogP contribution in [0.4, 0.5) is 27.5 Å². The standard InChI is InChI=1S/C26H28N4O3/c1-18-5-7-19(8-6-18)25(31)27-21-11-14-24(30-15-3-4-16-30)23(17-21)29-26(32)28-20-9-12-22(33-2)13-10-20/h5-14,17H,3-4,15-16H2,1-2H3,(H,27,31)(H2,28,29,32). The minimum atomic E-state index is -0.359. The van der Waals surface area contributed by atoms with E-state index in [9.17, 15) is 9.59 Å². The van der Waals surface area contributed by atoms with Gasteiger partial charge in [0.25, 0.3) is 5.91 Å². The van der Waals surface area contributed by atoms with Crippen LogP contribution in [0.3, 0.4) is 0 Å². The van der Waals surface area contributed by atoms with Crippen molar-refractivity contribution in [2.24, 2.45) is 0 Å². The molecule has 0 saturated carbocycles. The molecule has 1 saturated heterocycles. The van der Waals surface area contributed by atoms with Gasteiger partial charge in [0.15, 0.2) is 0 Å². The second-order valence-electron chi connectivity index (χ2n) is 8.05. The van der Waals surface area contributed by atoms with Gasteiger partial charge in [0.05, 0.1) is 18.5 Å². The third-order valence-corrected chi connectivity index (χ3v) is 5.61. The highest BCUT2D eigenvalue weighted by Gasteiger charge is 2.18. The summed E-state index contributed by atoms with van der Waals surface area (Å²) in [6, 6.07) is 19.8. The van der Waals surface area contributed by atoms with Gasteiger partial charge in [-0.2, -0.15) is 0 Å². The van der Waals surface area contributed by atoms with Crippen LogP contribution in [0.5, 0.6) is 5.75 Å². The number of carbonyl (C=O) groups is 2. The number of methoxy groups -OCH3 is 1. The molecule has 3 amide bonds. The Morgan fingerprint density at radius 1 is 0.818 bits per heavy atom. The minimum absolute atomic E-state index is 0.197. The molecule has 4 rings (SSSR count). The predicted molar refractivity (Wildman–Crippen MR) is 133 cm³/mol. The first kappa shape index (κ1) is 22.2. The second kappa shape index (κ2) is 10.1. The molecule has 7 nitrogen and oxygen atoms in total. The number of aryl methyl sites for hydroxylation is 1. The Bertz CT molecular complexity index is 1120. The molecule has 170 valence electrons. The Labute approximate surface area is 193 Å². The van der Waals surface area contributed by atoms with E-state index in [2.05, 4.69) is 20.9 Å². The number of urea groups is 1. The van der Waals surface area contributed by atoms with E-state index in [0.717, 1.165) is 37.2 Å². The van der Waals surface area contributed by atoms with E-state index in [1.54, 1.807) is 49.6 Å². The number of ether oxygens (including phenoxy) is 1.